The molecule has 0 aliphatic carbocycles. The molecule has 1 atom stereocenters. The summed E-state index contributed by atoms with van der Waals surface area (Å²) in [6.45, 7) is 1.33. The molecule has 1 rings (SSSR count). The molecule has 7 nitrogen and oxygen atoms in total. The first kappa shape index (κ1) is 16.3. The number of nitrogen functional groups attached to an aromatic ring is 1. The van der Waals surface area contributed by atoms with Crippen molar-refractivity contribution in [1.82, 2.24) is 4.72 Å². The van der Waals surface area contributed by atoms with E-state index in [1.54, 1.807) is 24.3 Å². The first-order valence-electron chi connectivity index (χ1n) is 5.91. The zero-order valence-corrected chi connectivity index (χ0v) is 12.1. The molecule has 8 heteroatoms. The fourth-order valence-electron chi connectivity index (χ4n) is 1.43. The highest BCUT2D eigenvalue weighted by Gasteiger charge is 2.20. The minimum atomic E-state index is -3.64. The van der Waals surface area contributed by atoms with Crippen LogP contribution in [0.1, 0.15) is 6.92 Å². The van der Waals surface area contributed by atoms with Crippen molar-refractivity contribution in [3.63, 3.8) is 0 Å². The second-order valence-corrected chi connectivity index (χ2v) is 5.94. The Kier molecular flexibility index (Phi) is 5.78. The molecule has 0 aromatic heterocycles. The molecule has 0 spiro atoms. The largest absolute Gasteiger partial charge is 0.490 e. The monoisotopic (exact) mass is 302 g/mol. The highest BCUT2D eigenvalue weighted by atomic mass is 32.2. The Hall–Kier alpha value is -1.80. The van der Waals surface area contributed by atoms with Gasteiger partial charge in [0.25, 0.3) is 0 Å². The number of rotatable bonds is 7. The maximum Gasteiger partial charge on any atom is 0.323 e. The van der Waals surface area contributed by atoms with Gasteiger partial charge < -0.3 is 15.2 Å². The summed E-state index contributed by atoms with van der Waals surface area (Å²) in [5.74, 6) is -0.520. The van der Waals surface area contributed by atoms with Crippen LogP contribution < -0.4 is 15.2 Å². The minimum Gasteiger partial charge on any atom is -0.490 e. The SMILES string of the molecule is COC(=O)C(C)NS(=O)(=O)CCOc1ccccc1N. The molecule has 0 aliphatic rings. The summed E-state index contributed by atoms with van der Waals surface area (Å²) in [7, 11) is -2.45. The lowest BCUT2D eigenvalue weighted by Gasteiger charge is -2.13. The van der Waals surface area contributed by atoms with Gasteiger partial charge >= 0.3 is 5.97 Å². The van der Waals surface area contributed by atoms with Crippen LogP contribution in [0.3, 0.4) is 0 Å². The van der Waals surface area contributed by atoms with Gasteiger partial charge in [0.15, 0.2) is 0 Å². The third-order valence-electron chi connectivity index (χ3n) is 2.44. The Morgan fingerprint density at radius 1 is 1.40 bits per heavy atom. The standard InChI is InChI=1S/C12H18N2O5S/c1-9(12(15)18-2)14-20(16,17)8-7-19-11-6-4-3-5-10(11)13/h3-6,9,14H,7-8,13H2,1-2H3. The molecule has 0 fully saturated rings. The first-order valence-corrected chi connectivity index (χ1v) is 7.56. The Morgan fingerprint density at radius 2 is 2.05 bits per heavy atom. The van der Waals surface area contributed by atoms with Crippen molar-refractivity contribution in [2.45, 2.75) is 13.0 Å². The molecule has 0 bridgehead atoms. The molecule has 1 aromatic rings. The van der Waals surface area contributed by atoms with Crippen molar-refractivity contribution in [3.05, 3.63) is 24.3 Å². The second-order valence-electron chi connectivity index (χ2n) is 4.07. The number of hydrogen-bond donors (Lipinski definition) is 2. The lowest BCUT2D eigenvalue weighted by molar-refractivity contribution is -0.142. The number of anilines is 1. The Labute approximate surface area is 118 Å². The number of methoxy groups -OCH3 is 1. The number of sulfonamides is 1. The van der Waals surface area contributed by atoms with Crippen molar-refractivity contribution in [1.29, 1.82) is 0 Å². The van der Waals surface area contributed by atoms with Crippen LogP contribution in [0.15, 0.2) is 24.3 Å². The molecule has 20 heavy (non-hydrogen) atoms. The zero-order chi connectivity index (χ0) is 15.2. The molecular formula is C12H18N2O5S. The van der Waals surface area contributed by atoms with Crippen LogP contribution in [0.5, 0.6) is 5.75 Å². The summed E-state index contributed by atoms with van der Waals surface area (Å²) >= 11 is 0. The van der Waals surface area contributed by atoms with Crippen molar-refractivity contribution in [3.8, 4) is 5.75 Å². The minimum absolute atomic E-state index is 0.0720. The van der Waals surface area contributed by atoms with Gasteiger partial charge in [0, 0.05) is 0 Å². The lowest BCUT2D eigenvalue weighted by atomic mass is 10.3. The van der Waals surface area contributed by atoms with E-state index < -0.39 is 22.0 Å². The fourth-order valence-corrected chi connectivity index (χ4v) is 2.48. The van der Waals surface area contributed by atoms with E-state index in [2.05, 4.69) is 9.46 Å². The average Bonchev–Trinajstić information content (AvgIpc) is 2.39. The number of nitrogens with two attached hydrogens (primary N) is 1. The third-order valence-corrected chi connectivity index (χ3v) is 3.86. The van der Waals surface area contributed by atoms with E-state index in [0.717, 1.165) is 0 Å². The van der Waals surface area contributed by atoms with E-state index >= 15 is 0 Å². The van der Waals surface area contributed by atoms with Gasteiger partial charge in [-0.15, -0.1) is 0 Å². The molecule has 0 amide bonds. The quantitative estimate of drug-likeness (QED) is 0.547. The zero-order valence-electron chi connectivity index (χ0n) is 11.3. The molecule has 1 unspecified atom stereocenters. The van der Waals surface area contributed by atoms with Crippen LogP contribution >= 0.6 is 0 Å². The van der Waals surface area contributed by atoms with Crippen LogP contribution in [0.2, 0.25) is 0 Å². The Balaban J connectivity index is 2.48. The number of carbonyl (C=O) groups is 1. The summed E-state index contributed by atoms with van der Waals surface area (Å²) < 4.78 is 35.3. The van der Waals surface area contributed by atoms with Gasteiger partial charge in [-0.2, -0.15) is 0 Å². The van der Waals surface area contributed by atoms with E-state index in [1.165, 1.54) is 14.0 Å². The summed E-state index contributed by atoms with van der Waals surface area (Å²) in [4.78, 5) is 11.1. The van der Waals surface area contributed by atoms with E-state index in [1.807, 2.05) is 0 Å². The highest BCUT2D eigenvalue weighted by molar-refractivity contribution is 7.89. The summed E-state index contributed by atoms with van der Waals surface area (Å²) in [6.07, 6.45) is 0. The maximum absolute atomic E-state index is 11.7. The molecule has 0 saturated carbocycles. The Morgan fingerprint density at radius 3 is 2.65 bits per heavy atom. The van der Waals surface area contributed by atoms with Gasteiger partial charge in [-0.3, -0.25) is 4.79 Å². The van der Waals surface area contributed by atoms with Crippen LogP contribution in [0, 0.1) is 0 Å². The molecule has 0 saturated heterocycles. The number of ether oxygens (including phenoxy) is 2. The van der Waals surface area contributed by atoms with Gasteiger partial charge in [0.05, 0.1) is 18.6 Å². The predicted molar refractivity (Wildman–Crippen MR) is 74.7 cm³/mol. The van der Waals surface area contributed by atoms with Crippen molar-refractivity contribution in [2.75, 3.05) is 25.2 Å². The van der Waals surface area contributed by atoms with E-state index in [9.17, 15) is 13.2 Å². The lowest BCUT2D eigenvalue weighted by Crippen LogP contribution is -2.41. The van der Waals surface area contributed by atoms with Gasteiger partial charge in [0.1, 0.15) is 18.4 Å². The second kappa shape index (κ2) is 7.11. The smallest absolute Gasteiger partial charge is 0.323 e. The van der Waals surface area contributed by atoms with Gasteiger partial charge in [-0.25, -0.2) is 13.1 Å². The summed E-state index contributed by atoms with van der Waals surface area (Å²) in [5.41, 5.74) is 6.09. The molecule has 0 radical (unpaired) electrons. The maximum atomic E-state index is 11.7. The van der Waals surface area contributed by atoms with Crippen LogP contribution in [0.25, 0.3) is 0 Å². The molecule has 112 valence electrons. The fraction of sp³-hybridized carbons (Fsp3) is 0.417. The Bertz CT molecular complexity index is 559. The van der Waals surface area contributed by atoms with E-state index in [-0.39, 0.29) is 12.4 Å². The average molecular weight is 302 g/mol. The van der Waals surface area contributed by atoms with Crippen molar-refractivity contribution >= 4 is 21.7 Å². The summed E-state index contributed by atoms with van der Waals surface area (Å²) in [5, 5.41) is 0. The summed E-state index contributed by atoms with van der Waals surface area (Å²) in [6, 6.07) is 5.84. The number of carbonyl (C=O) groups excluding carboxylic acids is 1. The molecule has 0 aliphatic heterocycles. The van der Waals surface area contributed by atoms with E-state index in [4.69, 9.17) is 10.5 Å². The van der Waals surface area contributed by atoms with Crippen LogP contribution in [0.4, 0.5) is 5.69 Å². The molecular weight excluding hydrogens is 284 g/mol. The molecule has 0 heterocycles. The number of benzene rings is 1. The third kappa shape index (κ3) is 5.06. The topological polar surface area (TPSA) is 108 Å². The van der Waals surface area contributed by atoms with Gasteiger partial charge in [-0.05, 0) is 19.1 Å². The molecule has 1 aromatic carbocycles. The predicted octanol–water partition coefficient (Wildman–Crippen LogP) is 0.128. The number of esters is 1. The van der Waals surface area contributed by atoms with E-state index in [0.29, 0.717) is 11.4 Å². The van der Waals surface area contributed by atoms with Gasteiger partial charge in [0.2, 0.25) is 10.0 Å². The number of para-hydroxylation sites is 2. The van der Waals surface area contributed by atoms with Crippen LogP contribution in [-0.2, 0) is 19.6 Å². The van der Waals surface area contributed by atoms with Crippen molar-refractivity contribution < 1.29 is 22.7 Å². The first-order chi connectivity index (χ1) is 9.35. The normalized spacial score (nSPS) is 12.7. The van der Waals surface area contributed by atoms with Crippen LogP contribution in [-0.4, -0.2) is 39.9 Å². The molecule has 3 N–H and O–H groups in total. The van der Waals surface area contributed by atoms with Crippen molar-refractivity contribution in [2.24, 2.45) is 0 Å². The number of nitrogens with one attached hydrogen (secondary N) is 1. The highest BCUT2D eigenvalue weighted by Crippen LogP contribution is 2.19. The van der Waals surface area contributed by atoms with Gasteiger partial charge in [-0.1, -0.05) is 12.1 Å². The number of hydrogen-bond acceptors (Lipinski definition) is 6.